The summed E-state index contributed by atoms with van der Waals surface area (Å²) in [6.07, 6.45) is -2.83. The zero-order valence-corrected chi connectivity index (χ0v) is 8.37. The number of ether oxygens (including phenoxy) is 1. The first-order valence-corrected chi connectivity index (χ1v) is 4.52. The highest BCUT2D eigenvalue weighted by atomic mass is 19.3. The van der Waals surface area contributed by atoms with Crippen molar-refractivity contribution < 1.29 is 17.9 Å². The molecule has 0 aliphatic rings. The van der Waals surface area contributed by atoms with Gasteiger partial charge >= 0.3 is 5.63 Å². The van der Waals surface area contributed by atoms with Gasteiger partial charge in [-0.1, -0.05) is 0 Å². The van der Waals surface area contributed by atoms with Crippen molar-refractivity contribution in [1.29, 1.82) is 0 Å². The minimum absolute atomic E-state index is 0.230. The lowest BCUT2D eigenvalue weighted by Gasteiger charge is -2.03. The first-order chi connectivity index (χ1) is 7.61. The Bertz CT molecular complexity index is 575. The fourth-order valence-electron chi connectivity index (χ4n) is 1.39. The smallest absolute Gasteiger partial charge is 0.345 e. The van der Waals surface area contributed by atoms with E-state index in [0.717, 1.165) is 6.07 Å². The van der Waals surface area contributed by atoms with Crippen LogP contribution in [0.2, 0.25) is 0 Å². The maximum Gasteiger partial charge on any atom is 0.345 e. The van der Waals surface area contributed by atoms with Crippen molar-refractivity contribution in [3.63, 3.8) is 0 Å². The van der Waals surface area contributed by atoms with Crippen LogP contribution in [0, 0.1) is 0 Å². The van der Waals surface area contributed by atoms with E-state index in [1.54, 1.807) is 12.1 Å². The van der Waals surface area contributed by atoms with Gasteiger partial charge in [0.2, 0.25) is 0 Å². The van der Waals surface area contributed by atoms with Gasteiger partial charge in [0.05, 0.1) is 7.11 Å². The summed E-state index contributed by atoms with van der Waals surface area (Å²) in [5.74, 6) is 0.500. The molecule has 0 unspecified atom stereocenters. The molecule has 0 fully saturated rings. The van der Waals surface area contributed by atoms with E-state index in [0.29, 0.717) is 11.1 Å². The quantitative estimate of drug-likeness (QED) is 0.739. The van der Waals surface area contributed by atoms with E-state index >= 15 is 0 Å². The van der Waals surface area contributed by atoms with E-state index in [2.05, 4.69) is 0 Å². The molecule has 0 spiro atoms. The van der Waals surface area contributed by atoms with Crippen LogP contribution in [0.1, 0.15) is 12.0 Å². The summed E-state index contributed by atoms with van der Waals surface area (Å²) < 4.78 is 34.5. The summed E-state index contributed by atoms with van der Waals surface area (Å²) >= 11 is 0. The van der Waals surface area contributed by atoms with Gasteiger partial charge in [0, 0.05) is 11.5 Å². The number of hydrogen-bond acceptors (Lipinski definition) is 3. The van der Waals surface area contributed by atoms with Crippen molar-refractivity contribution in [1.82, 2.24) is 0 Å². The first-order valence-electron chi connectivity index (χ1n) is 4.52. The minimum Gasteiger partial charge on any atom is -0.497 e. The van der Waals surface area contributed by atoms with Crippen LogP contribution in [0.5, 0.6) is 5.75 Å². The maximum atomic E-state index is 12.4. The van der Waals surface area contributed by atoms with Gasteiger partial charge in [-0.3, -0.25) is 0 Å². The molecule has 0 aliphatic heterocycles. The van der Waals surface area contributed by atoms with Crippen molar-refractivity contribution in [3.05, 3.63) is 40.2 Å². The van der Waals surface area contributed by atoms with Gasteiger partial charge in [0.25, 0.3) is 6.43 Å². The fourth-order valence-corrected chi connectivity index (χ4v) is 1.39. The Morgan fingerprint density at radius 2 is 2.06 bits per heavy atom. The topological polar surface area (TPSA) is 39.4 Å². The number of alkyl halides is 2. The Hall–Kier alpha value is -1.91. The number of fused-ring (bicyclic) bond motifs is 1. The zero-order valence-electron chi connectivity index (χ0n) is 8.37. The molecular formula is C11H8F2O3. The van der Waals surface area contributed by atoms with Crippen molar-refractivity contribution in [2.24, 2.45) is 0 Å². The summed E-state index contributed by atoms with van der Waals surface area (Å²) in [5.41, 5.74) is -1.41. The summed E-state index contributed by atoms with van der Waals surface area (Å²) in [7, 11) is 1.47. The monoisotopic (exact) mass is 226 g/mol. The summed E-state index contributed by atoms with van der Waals surface area (Å²) in [4.78, 5) is 11.2. The number of rotatable bonds is 2. The molecule has 1 heterocycles. The van der Waals surface area contributed by atoms with Gasteiger partial charge in [0.1, 0.15) is 16.9 Å². The van der Waals surface area contributed by atoms with Crippen LogP contribution in [0.15, 0.2) is 33.5 Å². The van der Waals surface area contributed by atoms with E-state index < -0.39 is 17.6 Å². The third kappa shape index (κ3) is 1.76. The summed E-state index contributed by atoms with van der Waals surface area (Å²) in [6, 6.07) is 5.78. The minimum atomic E-state index is -2.83. The number of methoxy groups -OCH3 is 1. The molecule has 0 saturated heterocycles. The molecule has 0 saturated carbocycles. The fraction of sp³-hybridized carbons (Fsp3) is 0.182. The third-order valence-corrected chi connectivity index (χ3v) is 2.21. The predicted molar refractivity (Wildman–Crippen MR) is 54.0 cm³/mol. The van der Waals surface area contributed by atoms with Crippen LogP contribution in [0.4, 0.5) is 8.78 Å². The van der Waals surface area contributed by atoms with Gasteiger partial charge in [-0.2, -0.15) is 0 Å². The van der Waals surface area contributed by atoms with Gasteiger partial charge < -0.3 is 9.15 Å². The Morgan fingerprint density at radius 3 is 2.69 bits per heavy atom. The zero-order chi connectivity index (χ0) is 11.7. The molecule has 1 aromatic heterocycles. The van der Waals surface area contributed by atoms with Crippen molar-refractivity contribution in [3.8, 4) is 5.75 Å². The van der Waals surface area contributed by atoms with E-state index in [1.807, 2.05) is 0 Å². The standard InChI is InChI=1S/C11H8F2O3/c1-15-7-3-2-6-4-8(10(12)13)11(14)16-9(6)5-7/h2-5,10H,1H3. The lowest BCUT2D eigenvalue weighted by molar-refractivity contribution is 0.147. The van der Waals surface area contributed by atoms with Crippen LogP contribution in [0.25, 0.3) is 11.0 Å². The van der Waals surface area contributed by atoms with E-state index in [9.17, 15) is 13.6 Å². The van der Waals surface area contributed by atoms with E-state index in [-0.39, 0.29) is 5.58 Å². The van der Waals surface area contributed by atoms with E-state index in [4.69, 9.17) is 9.15 Å². The van der Waals surface area contributed by atoms with Crippen molar-refractivity contribution in [2.45, 2.75) is 6.43 Å². The molecule has 0 aliphatic carbocycles. The Balaban J connectivity index is 2.69. The van der Waals surface area contributed by atoms with Gasteiger partial charge in [-0.25, -0.2) is 13.6 Å². The van der Waals surface area contributed by atoms with Gasteiger partial charge in [0.15, 0.2) is 0 Å². The first kappa shape index (κ1) is 10.6. The number of halogens is 2. The average Bonchev–Trinajstić information content (AvgIpc) is 2.27. The second-order valence-electron chi connectivity index (χ2n) is 3.19. The molecule has 0 bridgehead atoms. The molecule has 0 amide bonds. The molecule has 3 nitrogen and oxygen atoms in total. The maximum absolute atomic E-state index is 12.4. The van der Waals surface area contributed by atoms with Crippen molar-refractivity contribution in [2.75, 3.05) is 7.11 Å². The lowest BCUT2D eigenvalue weighted by Crippen LogP contribution is -2.07. The predicted octanol–water partition coefficient (Wildman–Crippen LogP) is 2.74. The Kier molecular flexibility index (Phi) is 2.60. The second kappa shape index (κ2) is 3.92. The van der Waals surface area contributed by atoms with Crippen LogP contribution in [-0.4, -0.2) is 7.11 Å². The van der Waals surface area contributed by atoms with Crippen LogP contribution in [0.3, 0.4) is 0 Å². The largest absolute Gasteiger partial charge is 0.497 e. The van der Waals surface area contributed by atoms with Crippen LogP contribution < -0.4 is 10.4 Å². The highest BCUT2D eigenvalue weighted by Crippen LogP contribution is 2.23. The molecule has 2 rings (SSSR count). The van der Waals surface area contributed by atoms with Crippen LogP contribution in [-0.2, 0) is 0 Å². The molecule has 0 atom stereocenters. The van der Waals surface area contributed by atoms with Crippen molar-refractivity contribution >= 4 is 11.0 Å². The highest BCUT2D eigenvalue weighted by molar-refractivity contribution is 5.78. The van der Waals surface area contributed by atoms with Gasteiger partial charge in [-0.15, -0.1) is 0 Å². The molecule has 5 heteroatoms. The van der Waals surface area contributed by atoms with E-state index in [1.165, 1.54) is 13.2 Å². The molecule has 2 aromatic rings. The SMILES string of the molecule is COc1ccc2cc(C(F)F)c(=O)oc2c1. The Labute approximate surface area is 89.3 Å². The van der Waals surface area contributed by atoms with Crippen LogP contribution >= 0.6 is 0 Å². The summed E-state index contributed by atoms with van der Waals surface area (Å²) in [6.45, 7) is 0. The molecule has 84 valence electrons. The lowest BCUT2D eigenvalue weighted by atomic mass is 10.2. The number of hydrogen-bond donors (Lipinski definition) is 0. The number of benzene rings is 1. The molecule has 16 heavy (non-hydrogen) atoms. The molecule has 0 radical (unpaired) electrons. The molecule has 1 aromatic carbocycles. The normalized spacial score (nSPS) is 11.0. The molecular weight excluding hydrogens is 218 g/mol. The van der Waals surface area contributed by atoms with Gasteiger partial charge in [-0.05, 0) is 18.2 Å². The highest BCUT2D eigenvalue weighted by Gasteiger charge is 2.14. The summed E-state index contributed by atoms with van der Waals surface area (Å²) in [5, 5.41) is 0.440. The second-order valence-corrected chi connectivity index (χ2v) is 3.19. The third-order valence-electron chi connectivity index (χ3n) is 2.21. The average molecular weight is 226 g/mol. The molecule has 0 N–H and O–H groups in total. The Morgan fingerprint density at radius 1 is 1.31 bits per heavy atom.